The molecular weight excluding hydrogens is 238 g/mol. The van der Waals surface area contributed by atoms with Gasteiger partial charge in [-0.15, -0.1) is 0 Å². The van der Waals surface area contributed by atoms with Crippen LogP contribution < -0.4 is 10.6 Å². The highest BCUT2D eigenvalue weighted by molar-refractivity contribution is 5.67. The fraction of sp³-hybridized carbons (Fsp3) is 0.786. The van der Waals surface area contributed by atoms with Crippen LogP contribution in [0.4, 0.5) is 11.5 Å². The quantitative estimate of drug-likeness (QED) is 0.876. The van der Waals surface area contributed by atoms with E-state index >= 15 is 0 Å². The normalized spacial score (nSPS) is 19.6. The lowest BCUT2D eigenvalue weighted by molar-refractivity contribution is 0.232. The summed E-state index contributed by atoms with van der Waals surface area (Å²) < 4.78 is 1.94. The zero-order valence-electron chi connectivity index (χ0n) is 12.7. The maximum atomic E-state index is 6.24. The van der Waals surface area contributed by atoms with Crippen LogP contribution in [0.3, 0.4) is 0 Å². The van der Waals surface area contributed by atoms with E-state index in [-0.39, 0.29) is 0 Å². The van der Waals surface area contributed by atoms with Crippen LogP contribution in [-0.2, 0) is 13.5 Å². The van der Waals surface area contributed by atoms with Crippen LogP contribution in [0.5, 0.6) is 0 Å². The van der Waals surface area contributed by atoms with Gasteiger partial charge in [-0.2, -0.15) is 5.10 Å². The van der Waals surface area contributed by atoms with Crippen LogP contribution in [-0.4, -0.2) is 46.9 Å². The van der Waals surface area contributed by atoms with Gasteiger partial charge in [0.05, 0.1) is 11.4 Å². The fourth-order valence-corrected chi connectivity index (χ4v) is 3.19. The average molecular weight is 265 g/mol. The first-order valence-corrected chi connectivity index (χ1v) is 7.42. The van der Waals surface area contributed by atoms with E-state index in [9.17, 15) is 0 Å². The fourth-order valence-electron chi connectivity index (χ4n) is 3.19. The van der Waals surface area contributed by atoms with Crippen molar-refractivity contribution in [2.24, 2.45) is 7.05 Å². The number of aryl methyl sites for hydroxylation is 2. The van der Waals surface area contributed by atoms with E-state index in [4.69, 9.17) is 5.73 Å². The minimum atomic E-state index is 0.648. The molecule has 0 saturated carbocycles. The zero-order chi connectivity index (χ0) is 14.0. The summed E-state index contributed by atoms with van der Waals surface area (Å²) in [6.07, 6.45) is 2.11. The summed E-state index contributed by atoms with van der Waals surface area (Å²) >= 11 is 0. The number of hydrogen-bond acceptors (Lipinski definition) is 4. The molecule has 1 aliphatic rings. The van der Waals surface area contributed by atoms with Gasteiger partial charge < -0.3 is 10.6 Å². The van der Waals surface area contributed by atoms with Gasteiger partial charge in [0, 0.05) is 26.2 Å². The van der Waals surface area contributed by atoms with Gasteiger partial charge in [0.15, 0.2) is 0 Å². The molecule has 0 bridgehead atoms. The summed E-state index contributed by atoms with van der Waals surface area (Å²) in [6.45, 7) is 11.0. The number of nitrogen functional groups attached to an aromatic ring is 1. The molecule has 2 N–H and O–H groups in total. The predicted molar refractivity (Wildman–Crippen MR) is 80.5 cm³/mol. The molecule has 0 spiro atoms. The largest absolute Gasteiger partial charge is 0.394 e. The first-order chi connectivity index (χ1) is 9.12. The van der Waals surface area contributed by atoms with Gasteiger partial charge in [0.1, 0.15) is 5.82 Å². The third-order valence-electron chi connectivity index (χ3n) is 4.26. The van der Waals surface area contributed by atoms with Crippen molar-refractivity contribution in [2.45, 2.75) is 39.7 Å². The highest BCUT2D eigenvalue weighted by Crippen LogP contribution is 2.30. The van der Waals surface area contributed by atoms with E-state index in [1.54, 1.807) is 0 Å². The van der Waals surface area contributed by atoms with Crippen molar-refractivity contribution in [1.82, 2.24) is 14.7 Å². The van der Waals surface area contributed by atoms with Gasteiger partial charge in [0.2, 0.25) is 0 Å². The van der Waals surface area contributed by atoms with E-state index in [0.717, 1.165) is 49.8 Å². The molecule has 0 aromatic carbocycles. The number of rotatable bonds is 5. The Labute approximate surface area is 116 Å². The summed E-state index contributed by atoms with van der Waals surface area (Å²) in [4.78, 5) is 4.93. The van der Waals surface area contributed by atoms with Crippen LogP contribution in [0.25, 0.3) is 0 Å². The molecule has 5 heteroatoms. The Hall–Kier alpha value is -1.23. The summed E-state index contributed by atoms with van der Waals surface area (Å²) in [5.74, 6) is 1.10. The second-order valence-electron chi connectivity index (χ2n) is 5.27. The molecule has 1 fully saturated rings. The maximum absolute atomic E-state index is 6.24. The highest BCUT2D eigenvalue weighted by Gasteiger charge is 2.29. The molecule has 0 radical (unpaired) electrons. The molecule has 1 aromatic heterocycles. The first kappa shape index (κ1) is 14.2. The topological polar surface area (TPSA) is 50.3 Å². The maximum Gasteiger partial charge on any atom is 0.150 e. The molecule has 1 aromatic rings. The Morgan fingerprint density at radius 2 is 2.00 bits per heavy atom. The number of likely N-dealkylation sites (N-methyl/N-ethyl adjacent to an activating group) is 1. The summed E-state index contributed by atoms with van der Waals surface area (Å²) in [6, 6.07) is 0.648. The van der Waals surface area contributed by atoms with Crippen molar-refractivity contribution < 1.29 is 0 Å². The van der Waals surface area contributed by atoms with Gasteiger partial charge in [-0.3, -0.25) is 9.58 Å². The molecule has 1 atom stereocenters. The molecular formula is C14H27N5. The molecule has 1 aliphatic heterocycles. The van der Waals surface area contributed by atoms with E-state index in [1.807, 2.05) is 11.7 Å². The monoisotopic (exact) mass is 265 g/mol. The second kappa shape index (κ2) is 5.82. The standard InChI is InChI=1S/C14H27N5/c1-5-12-13(15)14(17(4)16-12)19-9-8-11(10-19)18(6-2)7-3/h11H,5-10,15H2,1-4H3. The SMILES string of the molecule is CCc1nn(C)c(N2CCC(N(CC)CC)C2)c1N. The third kappa shape index (κ3) is 2.56. The summed E-state index contributed by atoms with van der Waals surface area (Å²) in [7, 11) is 2.00. The lowest BCUT2D eigenvalue weighted by atomic mass is 10.2. The molecule has 2 heterocycles. The Bertz CT molecular complexity index is 422. The molecule has 0 aliphatic carbocycles. The Morgan fingerprint density at radius 3 is 2.53 bits per heavy atom. The molecule has 1 unspecified atom stereocenters. The molecule has 0 amide bonds. The minimum Gasteiger partial charge on any atom is -0.394 e. The molecule has 108 valence electrons. The van der Waals surface area contributed by atoms with Crippen molar-refractivity contribution >= 4 is 11.5 Å². The van der Waals surface area contributed by atoms with Gasteiger partial charge in [-0.25, -0.2) is 0 Å². The van der Waals surface area contributed by atoms with Crippen LogP contribution >= 0.6 is 0 Å². The molecule has 1 saturated heterocycles. The second-order valence-corrected chi connectivity index (χ2v) is 5.27. The van der Waals surface area contributed by atoms with Crippen molar-refractivity contribution in [1.29, 1.82) is 0 Å². The number of hydrogen-bond donors (Lipinski definition) is 1. The number of aromatic nitrogens is 2. The Balaban J connectivity index is 2.15. The summed E-state index contributed by atoms with van der Waals surface area (Å²) in [5, 5.41) is 4.52. The van der Waals surface area contributed by atoms with Crippen molar-refractivity contribution in [3.05, 3.63) is 5.69 Å². The van der Waals surface area contributed by atoms with Gasteiger partial charge in [-0.05, 0) is 25.9 Å². The lowest BCUT2D eigenvalue weighted by Gasteiger charge is -2.26. The molecule has 2 rings (SSSR count). The Morgan fingerprint density at radius 1 is 1.32 bits per heavy atom. The molecule has 5 nitrogen and oxygen atoms in total. The van der Waals surface area contributed by atoms with Crippen LogP contribution in [0.1, 0.15) is 32.9 Å². The van der Waals surface area contributed by atoms with E-state index in [1.165, 1.54) is 6.42 Å². The predicted octanol–water partition coefficient (Wildman–Crippen LogP) is 1.49. The van der Waals surface area contributed by atoms with E-state index in [0.29, 0.717) is 6.04 Å². The van der Waals surface area contributed by atoms with Crippen LogP contribution in [0.2, 0.25) is 0 Å². The average Bonchev–Trinajstić information content (AvgIpc) is 2.96. The number of nitrogens with two attached hydrogens (primary N) is 1. The third-order valence-corrected chi connectivity index (χ3v) is 4.26. The van der Waals surface area contributed by atoms with Crippen LogP contribution in [0, 0.1) is 0 Å². The van der Waals surface area contributed by atoms with Crippen molar-refractivity contribution in [2.75, 3.05) is 36.8 Å². The Kier molecular flexibility index (Phi) is 4.34. The number of nitrogens with zero attached hydrogens (tertiary/aromatic N) is 4. The van der Waals surface area contributed by atoms with Gasteiger partial charge in [0.25, 0.3) is 0 Å². The van der Waals surface area contributed by atoms with Crippen LogP contribution in [0.15, 0.2) is 0 Å². The minimum absolute atomic E-state index is 0.648. The summed E-state index contributed by atoms with van der Waals surface area (Å²) in [5.41, 5.74) is 8.13. The van der Waals surface area contributed by atoms with Gasteiger partial charge >= 0.3 is 0 Å². The first-order valence-electron chi connectivity index (χ1n) is 7.42. The number of anilines is 2. The smallest absolute Gasteiger partial charge is 0.150 e. The molecule has 19 heavy (non-hydrogen) atoms. The lowest BCUT2D eigenvalue weighted by Crippen LogP contribution is -2.37. The van der Waals surface area contributed by atoms with Crippen molar-refractivity contribution in [3.8, 4) is 0 Å². The zero-order valence-corrected chi connectivity index (χ0v) is 12.7. The highest BCUT2D eigenvalue weighted by atomic mass is 15.4. The van der Waals surface area contributed by atoms with E-state index in [2.05, 4.69) is 35.7 Å². The van der Waals surface area contributed by atoms with Gasteiger partial charge in [-0.1, -0.05) is 20.8 Å². The van der Waals surface area contributed by atoms with Crippen molar-refractivity contribution in [3.63, 3.8) is 0 Å². The van der Waals surface area contributed by atoms with E-state index < -0.39 is 0 Å².